The molecule has 0 spiro atoms. The topological polar surface area (TPSA) is 80.8 Å². The smallest absolute Gasteiger partial charge is 0.229 e. The van der Waals surface area contributed by atoms with Crippen molar-refractivity contribution in [1.29, 1.82) is 0 Å². The van der Waals surface area contributed by atoms with Gasteiger partial charge in [0.1, 0.15) is 10.8 Å². The van der Waals surface area contributed by atoms with Gasteiger partial charge in [-0.05, 0) is 19.1 Å². The maximum Gasteiger partial charge on any atom is 0.229 e. The summed E-state index contributed by atoms with van der Waals surface area (Å²) in [5, 5.41) is 6.82. The van der Waals surface area contributed by atoms with Crippen molar-refractivity contribution in [2.24, 2.45) is 0 Å². The van der Waals surface area contributed by atoms with E-state index in [0.717, 1.165) is 37.7 Å². The van der Waals surface area contributed by atoms with Gasteiger partial charge in [0.05, 0.1) is 38.3 Å². The number of hydrogen-bond donors (Lipinski definition) is 2. The fourth-order valence-electron chi connectivity index (χ4n) is 2.80. The molecule has 2 N–H and O–H groups in total. The zero-order valence-corrected chi connectivity index (χ0v) is 17.1. The predicted molar refractivity (Wildman–Crippen MR) is 111 cm³/mol. The average Bonchev–Trinajstić information content (AvgIpc) is 2.74. The lowest BCUT2D eigenvalue weighted by Crippen LogP contribution is -2.36. The summed E-state index contributed by atoms with van der Waals surface area (Å²) >= 11 is 6.19. The van der Waals surface area contributed by atoms with Crippen molar-refractivity contribution in [2.45, 2.75) is 13.0 Å². The summed E-state index contributed by atoms with van der Waals surface area (Å²) in [6.45, 7) is 5.75. The van der Waals surface area contributed by atoms with E-state index in [1.54, 1.807) is 20.4 Å². The van der Waals surface area contributed by atoms with Gasteiger partial charge in [0.25, 0.3) is 0 Å². The molecular formula is C19H26ClN5O3. The Bertz CT molecular complexity index is 786. The average molecular weight is 408 g/mol. The lowest BCUT2D eigenvalue weighted by Gasteiger charge is -2.29. The van der Waals surface area contributed by atoms with Gasteiger partial charge in [-0.2, -0.15) is 4.98 Å². The highest BCUT2D eigenvalue weighted by Crippen LogP contribution is 2.32. The van der Waals surface area contributed by atoms with Gasteiger partial charge in [0, 0.05) is 38.5 Å². The molecule has 3 rings (SSSR count). The van der Waals surface area contributed by atoms with Crippen LogP contribution in [0.3, 0.4) is 0 Å². The normalized spacial score (nSPS) is 15.2. The molecular weight excluding hydrogens is 382 g/mol. The highest BCUT2D eigenvalue weighted by Gasteiger charge is 2.15. The first-order chi connectivity index (χ1) is 13.6. The van der Waals surface area contributed by atoms with Gasteiger partial charge in [-0.15, -0.1) is 0 Å². The number of nitrogens with one attached hydrogen (secondary N) is 2. The summed E-state index contributed by atoms with van der Waals surface area (Å²) in [6, 6.07) is 6.01. The maximum atomic E-state index is 6.19. The minimum Gasteiger partial charge on any atom is -0.494 e. The van der Waals surface area contributed by atoms with Crippen molar-refractivity contribution in [3.8, 4) is 5.75 Å². The first-order valence-corrected chi connectivity index (χ1v) is 9.55. The van der Waals surface area contributed by atoms with Gasteiger partial charge in [-0.3, -0.25) is 0 Å². The van der Waals surface area contributed by atoms with Gasteiger partial charge < -0.3 is 29.7 Å². The molecule has 1 atom stereocenters. The number of hydrogen-bond acceptors (Lipinski definition) is 8. The van der Waals surface area contributed by atoms with E-state index < -0.39 is 0 Å². The first-order valence-electron chi connectivity index (χ1n) is 9.17. The molecule has 2 aromatic rings. The summed E-state index contributed by atoms with van der Waals surface area (Å²) in [5.41, 5.74) is 1.87. The van der Waals surface area contributed by atoms with E-state index in [0.29, 0.717) is 29.1 Å². The van der Waals surface area contributed by atoms with E-state index in [1.165, 1.54) is 0 Å². The van der Waals surface area contributed by atoms with E-state index in [2.05, 4.69) is 25.5 Å². The lowest BCUT2D eigenvalue weighted by molar-refractivity contribution is 0.122. The predicted octanol–water partition coefficient (Wildman–Crippen LogP) is 3.17. The summed E-state index contributed by atoms with van der Waals surface area (Å²) in [5.74, 6) is 1.69. The van der Waals surface area contributed by atoms with Gasteiger partial charge in [0.2, 0.25) is 5.95 Å². The molecule has 0 saturated carbocycles. The molecule has 1 aromatic carbocycles. The van der Waals surface area contributed by atoms with Gasteiger partial charge in [0.15, 0.2) is 5.82 Å². The molecule has 0 radical (unpaired) electrons. The molecule has 9 heteroatoms. The van der Waals surface area contributed by atoms with E-state index in [1.807, 2.05) is 25.1 Å². The molecule has 152 valence electrons. The summed E-state index contributed by atoms with van der Waals surface area (Å²) in [6.07, 6.45) is 1.60. The van der Waals surface area contributed by atoms with E-state index in [-0.39, 0.29) is 6.10 Å². The monoisotopic (exact) mass is 407 g/mol. The zero-order valence-electron chi connectivity index (χ0n) is 16.4. The molecule has 1 saturated heterocycles. The molecule has 2 heterocycles. The van der Waals surface area contributed by atoms with Crippen LogP contribution in [0.2, 0.25) is 5.02 Å². The third-order valence-corrected chi connectivity index (χ3v) is 4.79. The fraction of sp³-hybridized carbons (Fsp3) is 0.474. The molecule has 0 amide bonds. The number of halogens is 1. The highest BCUT2D eigenvalue weighted by atomic mass is 35.5. The quantitative estimate of drug-likeness (QED) is 0.690. The molecule has 0 bridgehead atoms. The molecule has 1 aromatic heterocycles. The number of benzene rings is 1. The summed E-state index contributed by atoms with van der Waals surface area (Å²) < 4.78 is 16.2. The highest BCUT2D eigenvalue weighted by molar-refractivity contribution is 6.32. The van der Waals surface area contributed by atoms with E-state index >= 15 is 0 Å². The molecule has 1 aliphatic heterocycles. The van der Waals surface area contributed by atoms with E-state index in [9.17, 15) is 0 Å². The number of anilines is 4. The second-order valence-corrected chi connectivity index (χ2v) is 6.83. The molecule has 28 heavy (non-hydrogen) atoms. The minimum atomic E-state index is 0.0373. The van der Waals surface area contributed by atoms with Crippen LogP contribution in [-0.4, -0.2) is 63.1 Å². The number of rotatable bonds is 8. The maximum absolute atomic E-state index is 6.19. The Balaban J connectivity index is 1.75. The molecule has 0 aliphatic carbocycles. The van der Waals surface area contributed by atoms with Crippen LogP contribution in [0.1, 0.15) is 6.92 Å². The standard InChI is InChI=1S/C19H26ClN5O3/c1-13(26-2)11-21-18-15(20)12-22-19(24-18)23-16-5-4-14(10-17(16)27-3)25-6-8-28-9-7-25/h4-5,10,12-13H,6-9,11H2,1-3H3,(H2,21,22,23,24). The SMILES string of the molecule is COc1cc(N2CCOCC2)ccc1Nc1ncc(Cl)c(NCC(C)OC)n1. The second kappa shape index (κ2) is 9.77. The van der Waals surface area contributed by atoms with Gasteiger partial charge in [-0.1, -0.05) is 11.6 Å². The van der Waals surface area contributed by atoms with Gasteiger partial charge in [-0.25, -0.2) is 4.98 Å². The Kier molecular flexibility index (Phi) is 7.13. The molecule has 1 aliphatic rings. The number of nitrogens with zero attached hydrogens (tertiary/aromatic N) is 3. The van der Waals surface area contributed by atoms with Crippen LogP contribution in [0.15, 0.2) is 24.4 Å². The van der Waals surface area contributed by atoms with Crippen molar-refractivity contribution in [2.75, 3.05) is 62.6 Å². The van der Waals surface area contributed by atoms with Crippen LogP contribution in [0.5, 0.6) is 5.75 Å². The van der Waals surface area contributed by atoms with Crippen LogP contribution < -0.4 is 20.3 Å². The summed E-state index contributed by atoms with van der Waals surface area (Å²) in [4.78, 5) is 11.0. The Morgan fingerprint density at radius 2 is 2.07 bits per heavy atom. The zero-order chi connectivity index (χ0) is 19.9. The van der Waals surface area contributed by atoms with Crippen LogP contribution in [-0.2, 0) is 9.47 Å². The Labute approximate surface area is 170 Å². The van der Waals surface area contributed by atoms with Crippen LogP contribution >= 0.6 is 11.6 Å². The molecule has 1 fully saturated rings. The van der Waals surface area contributed by atoms with Crippen molar-refractivity contribution in [1.82, 2.24) is 9.97 Å². The Morgan fingerprint density at radius 1 is 1.29 bits per heavy atom. The van der Waals surface area contributed by atoms with Gasteiger partial charge >= 0.3 is 0 Å². The number of morpholine rings is 1. The first kappa shape index (κ1) is 20.4. The third kappa shape index (κ3) is 5.15. The van der Waals surface area contributed by atoms with Crippen molar-refractivity contribution in [3.05, 3.63) is 29.4 Å². The van der Waals surface area contributed by atoms with Crippen LogP contribution in [0.4, 0.5) is 23.1 Å². The second-order valence-electron chi connectivity index (χ2n) is 6.43. The fourth-order valence-corrected chi connectivity index (χ4v) is 2.95. The summed E-state index contributed by atoms with van der Waals surface area (Å²) in [7, 11) is 3.30. The van der Waals surface area contributed by atoms with Crippen molar-refractivity contribution >= 4 is 34.7 Å². The third-order valence-electron chi connectivity index (χ3n) is 4.51. The number of ether oxygens (including phenoxy) is 3. The molecule has 1 unspecified atom stereocenters. The number of methoxy groups -OCH3 is 2. The largest absolute Gasteiger partial charge is 0.494 e. The van der Waals surface area contributed by atoms with Crippen LogP contribution in [0, 0.1) is 0 Å². The van der Waals surface area contributed by atoms with Crippen molar-refractivity contribution < 1.29 is 14.2 Å². The minimum absolute atomic E-state index is 0.0373. The van der Waals surface area contributed by atoms with E-state index in [4.69, 9.17) is 25.8 Å². The molecule has 8 nitrogen and oxygen atoms in total. The van der Waals surface area contributed by atoms with Crippen LogP contribution in [0.25, 0.3) is 0 Å². The van der Waals surface area contributed by atoms with Crippen molar-refractivity contribution in [3.63, 3.8) is 0 Å². The Morgan fingerprint density at radius 3 is 2.79 bits per heavy atom. The lowest BCUT2D eigenvalue weighted by atomic mass is 10.2. The Hall–Kier alpha value is -2.29. The number of aromatic nitrogens is 2.